The van der Waals surface area contributed by atoms with Gasteiger partial charge in [-0.1, -0.05) is 44.2 Å². The lowest BCUT2D eigenvalue weighted by atomic mass is 9.83. The highest BCUT2D eigenvalue weighted by Crippen LogP contribution is 2.31. The average Bonchev–Trinajstić information content (AvgIpc) is 2.40. The summed E-state index contributed by atoms with van der Waals surface area (Å²) in [4.78, 5) is 3.93. The van der Waals surface area contributed by atoms with E-state index in [4.69, 9.17) is 5.73 Å². The summed E-state index contributed by atoms with van der Waals surface area (Å²) in [6, 6.07) is 11.7. The predicted molar refractivity (Wildman–Crippen MR) is 76.3 cm³/mol. The van der Waals surface area contributed by atoms with Gasteiger partial charge in [0.2, 0.25) is 0 Å². The molecule has 3 heteroatoms. The summed E-state index contributed by atoms with van der Waals surface area (Å²) < 4.78 is 13.4. The van der Waals surface area contributed by atoms with E-state index >= 15 is 0 Å². The topological polar surface area (TPSA) is 38.9 Å². The first-order valence-corrected chi connectivity index (χ1v) is 6.52. The normalized spacial score (nSPS) is 12.6. The van der Waals surface area contributed by atoms with Gasteiger partial charge in [0.05, 0.1) is 6.20 Å². The van der Waals surface area contributed by atoms with Crippen molar-refractivity contribution in [3.63, 3.8) is 0 Å². The fourth-order valence-electron chi connectivity index (χ4n) is 2.34. The van der Waals surface area contributed by atoms with Crippen molar-refractivity contribution < 1.29 is 4.39 Å². The molecule has 0 unspecified atom stereocenters. The van der Waals surface area contributed by atoms with Crippen molar-refractivity contribution in [1.82, 2.24) is 4.98 Å². The monoisotopic (exact) mass is 258 g/mol. The first kappa shape index (κ1) is 13.5. The molecule has 2 N–H and O–H groups in total. The number of aromatic nitrogens is 1. The number of nitrogens with zero attached hydrogens (tertiary/aromatic N) is 1. The zero-order valence-corrected chi connectivity index (χ0v) is 11.3. The minimum atomic E-state index is -0.331. The number of pyridine rings is 1. The van der Waals surface area contributed by atoms with Crippen molar-refractivity contribution in [1.29, 1.82) is 0 Å². The summed E-state index contributed by atoms with van der Waals surface area (Å²) in [5.74, 6) is 0.635. The molecule has 0 aliphatic rings. The zero-order chi connectivity index (χ0) is 13.8. The van der Waals surface area contributed by atoms with Gasteiger partial charge < -0.3 is 5.73 Å². The molecule has 19 heavy (non-hydrogen) atoms. The van der Waals surface area contributed by atoms with Crippen LogP contribution in [0.5, 0.6) is 0 Å². The van der Waals surface area contributed by atoms with Crippen LogP contribution in [0.25, 0.3) is 0 Å². The van der Waals surface area contributed by atoms with Crippen molar-refractivity contribution in [2.45, 2.75) is 26.2 Å². The number of nitrogen functional groups attached to an aromatic ring is 1. The Balaban J connectivity index is 2.32. The van der Waals surface area contributed by atoms with Crippen LogP contribution in [0, 0.1) is 11.7 Å². The molecule has 100 valence electrons. The van der Waals surface area contributed by atoms with Gasteiger partial charge >= 0.3 is 0 Å². The molecule has 0 aliphatic heterocycles. The van der Waals surface area contributed by atoms with Gasteiger partial charge in [-0.25, -0.2) is 9.37 Å². The second-order valence-corrected chi connectivity index (χ2v) is 5.17. The molecule has 1 atom stereocenters. The number of nitrogens with two attached hydrogens (primary N) is 1. The zero-order valence-electron chi connectivity index (χ0n) is 11.3. The number of benzene rings is 1. The van der Waals surface area contributed by atoms with E-state index in [0.29, 0.717) is 11.7 Å². The minimum Gasteiger partial charge on any atom is -0.383 e. The van der Waals surface area contributed by atoms with E-state index in [1.54, 1.807) is 0 Å². The largest absolute Gasteiger partial charge is 0.383 e. The Hall–Kier alpha value is -1.90. The third-order valence-electron chi connectivity index (χ3n) is 3.42. The summed E-state index contributed by atoms with van der Waals surface area (Å²) in [5.41, 5.74) is 7.94. The predicted octanol–water partition coefficient (Wildman–Crippen LogP) is 3.79. The fraction of sp³-hybridized carbons (Fsp3) is 0.312. The van der Waals surface area contributed by atoms with Crippen LogP contribution in [0.4, 0.5) is 10.2 Å². The maximum absolute atomic E-state index is 13.4. The maximum atomic E-state index is 13.4. The molecule has 1 aromatic carbocycles. The van der Waals surface area contributed by atoms with Gasteiger partial charge in [0.25, 0.3) is 0 Å². The Labute approximate surface area is 113 Å². The molecular weight excluding hydrogens is 239 g/mol. The standard InChI is InChI=1S/C16H19FN2/c1-11(2)14(8-12-6-4-3-5-7-12)15-9-13(17)10-19-16(15)18/h3-7,9-11,14H,8H2,1-2H3,(H2,18,19)/t14-/m0/s1. The Morgan fingerprint density at radius 1 is 1.21 bits per heavy atom. The van der Waals surface area contributed by atoms with Gasteiger partial charge in [0.1, 0.15) is 11.6 Å². The highest BCUT2D eigenvalue weighted by molar-refractivity contribution is 5.42. The van der Waals surface area contributed by atoms with Gasteiger partial charge in [-0.2, -0.15) is 0 Å². The molecule has 2 aromatic rings. The van der Waals surface area contributed by atoms with Crippen molar-refractivity contribution in [2.24, 2.45) is 5.92 Å². The van der Waals surface area contributed by atoms with Crippen LogP contribution in [0.15, 0.2) is 42.6 Å². The van der Waals surface area contributed by atoms with Crippen LogP contribution < -0.4 is 5.73 Å². The summed E-state index contributed by atoms with van der Waals surface area (Å²) >= 11 is 0. The van der Waals surface area contributed by atoms with Crippen molar-refractivity contribution in [2.75, 3.05) is 5.73 Å². The lowest BCUT2D eigenvalue weighted by molar-refractivity contribution is 0.491. The van der Waals surface area contributed by atoms with Crippen molar-refractivity contribution >= 4 is 5.82 Å². The Morgan fingerprint density at radius 3 is 2.53 bits per heavy atom. The summed E-state index contributed by atoms with van der Waals surface area (Å²) in [6.07, 6.45) is 2.01. The first-order chi connectivity index (χ1) is 9.08. The van der Waals surface area contributed by atoms with E-state index in [-0.39, 0.29) is 11.7 Å². The average molecular weight is 258 g/mol. The van der Waals surface area contributed by atoms with E-state index in [1.807, 2.05) is 18.2 Å². The smallest absolute Gasteiger partial charge is 0.141 e. The van der Waals surface area contributed by atoms with E-state index in [2.05, 4.69) is 31.0 Å². The van der Waals surface area contributed by atoms with E-state index in [1.165, 1.54) is 17.8 Å². The quantitative estimate of drug-likeness (QED) is 0.906. The lowest BCUT2D eigenvalue weighted by Gasteiger charge is -2.22. The number of hydrogen-bond acceptors (Lipinski definition) is 2. The van der Waals surface area contributed by atoms with E-state index in [0.717, 1.165) is 12.0 Å². The van der Waals surface area contributed by atoms with Gasteiger partial charge in [-0.15, -0.1) is 0 Å². The maximum Gasteiger partial charge on any atom is 0.141 e. The minimum absolute atomic E-state index is 0.172. The molecule has 2 rings (SSSR count). The van der Waals surface area contributed by atoms with Gasteiger partial charge in [-0.3, -0.25) is 0 Å². The molecule has 1 heterocycles. The van der Waals surface area contributed by atoms with Crippen LogP contribution in [0.2, 0.25) is 0 Å². The third-order valence-corrected chi connectivity index (χ3v) is 3.42. The van der Waals surface area contributed by atoms with Crippen LogP contribution in [-0.2, 0) is 6.42 Å². The molecular formula is C16H19FN2. The number of halogens is 1. The third kappa shape index (κ3) is 3.31. The number of anilines is 1. The SMILES string of the molecule is CC(C)[C@H](Cc1ccccc1)c1cc(F)cnc1N. The fourth-order valence-corrected chi connectivity index (χ4v) is 2.34. The molecule has 0 saturated carbocycles. The molecule has 0 spiro atoms. The van der Waals surface area contributed by atoms with Gasteiger partial charge in [0.15, 0.2) is 0 Å². The van der Waals surface area contributed by atoms with Crippen LogP contribution in [-0.4, -0.2) is 4.98 Å². The van der Waals surface area contributed by atoms with Crippen LogP contribution in [0.1, 0.15) is 30.9 Å². The molecule has 0 aliphatic carbocycles. The Bertz CT molecular complexity index is 538. The van der Waals surface area contributed by atoms with Crippen LogP contribution >= 0.6 is 0 Å². The second kappa shape index (κ2) is 5.83. The highest BCUT2D eigenvalue weighted by atomic mass is 19.1. The van der Waals surface area contributed by atoms with Crippen molar-refractivity contribution in [3.05, 3.63) is 59.5 Å². The molecule has 2 nitrogen and oxygen atoms in total. The van der Waals surface area contributed by atoms with E-state index in [9.17, 15) is 4.39 Å². The molecule has 0 amide bonds. The van der Waals surface area contributed by atoms with Crippen molar-refractivity contribution in [3.8, 4) is 0 Å². The Morgan fingerprint density at radius 2 is 1.89 bits per heavy atom. The van der Waals surface area contributed by atoms with E-state index < -0.39 is 0 Å². The molecule has 0 radical (unpaired) electrons. The Kier molecular flexibility index (Phi) is 4.15. The number of rotatable bonds is 4. The van der Waals surface area contributed by atoms with Crippen LogP contribution in [0.3, 0.4) is 0 Å². The first-order valence-electron chi connectivity index (χ1n) is 6.52. The molecule has 1 aromatic heterocycles. The summed E-state index contributed by atoms with van der Waals surface area (Å²) in [5, 5.41) is 0. The van der Waals surface area contributed by atoms with Gasteiger partial charge in [0, 0.05) is 5.56 Å². The lowest BCUT2D eigenvalue weighted by Crippen LogP contribution is -2.13. The summed E-state index contributed by atoms with van der Waals surface area (Å²) in [7, 11) is 0. The molecule has 0 fully saturated rings. The van der Waals surface area contributed by atoms with Gasteiger partial charge in [-0.05, 0) is 29.9 Å². The summed E-state index contributed by atoms with van der Waals surface area (Å²) in [6.45, 7) is 4.25. The highest BCUT2D eigenvalue weighted by Gasteiger charge is 2.20. The second-order valence-electron chi connectivity index (χ2n) is 5.17. The molecule has 0 bridgehead atoms. The molecule has 0 saturated heterocycles. The number of hydrogen-bond donors (Lipinski definition) is 1.